The van der Waals surface area contributed by atoms with E-state index in [0.29, 0.717) is 37.2 Å². The number of esters is 1. The van der Waals surface area contributed by atoms with Crippen LogP contribution in [0, 0.1) is 0 Å². The van der Waals surface area contributed by atoms with Gasteiger partial charge in [0, 0.05) is 25.5 Å². The molecular formula is C17H23N3O5S. The van der Waals surface area contributed by atoms with Gasteiger partial charge in [0.2, 0.25) is 10.0 Å². The number of methoxy groups -OCH3 is 1. The van der Waals surface area contributed by atoms with Crippen LogP contribution in [0.15, 0.2) is 41.6 Å². The van der Waals surface area contributed by atoms with E-state index in [2.05, 4.69) is 14.6 Å². The summed E-state index contributed by atoms with van der Waals surface area (Å²) in [6.45, 7) is 2.61. The molecule has 1 N–H and O–H groups in total. The molecule has 0 saturated carbocycles. The highest BCUT2D eigenvalue weighted by Crippen LogP contribution is 2.23. The largest absolute Gasteiger partial charge is 0.482 e. The summed E-state index contributed by atoms with van der Waals surface area (Å²) in [6, 6.07) is 6.39. The van der Waals surface area contributed by atoms with Crippen molar-refractivity contribution in [1.82, 2.24) is 14.5 Å². The minimum absolute atomic E-state index is 0.166. The number of benzene rings is 1. The van der Waals surface area contributed by atoms with Gasteiger partial charge in [-0.1, -0.05) is 6.92 Å². The molecule has 1 heterocycles. The first kappa shape index (κ1) is 19.9. The van der Waals surface area contributed by atoms with Crippen LogP contribution in [-0.2, 0) is 32.5 Å². The summed E-state index contributed by atoms with van der Waals surface area (Å²) < 4.78 is 39.1. The Hall–Kier alpha value is -2.39. The molecule has 2 rings (SSSR count). The molecule has 9 heteroatoms. The summed E-state index contributed by atoms with van der Waals surface area (Å²) in [7, 11) is -2.34. The average Bonchev–Trinajstić information content (AvgIpc) is 3.16. The zero-order chi connectivity index (χ0) is 19.0. The van der Waals surface area contributed by atoms with Crippen molar-refractivity contribution in [2.24, 2.45) is 0 Å². The molecule has 0 aliphatic heterocycles. The zero-order valence-corrected chi connectivity index (χ0v) is 15.7. The Morgan fingerprint density at radius 1 is 1.35 bits per heavy atom. The van der Waals surface area contributed by atoms with Crippen LogP contribution in [0.25, 0.3) is 0 Å². The standard InChI is InChI=1S/C17H23N3O5S/c1-3-14-12-15(6-7-16(14)25-13-17(21)24-2)26(22,23)19-9-5-11-20-10-4-8-18-20/h4,6-8,10,12,19H,3,5,9,11,13H2,1-2H3. The van der Waals surface area contributed by atoms with Crippen LogP contribution in [0.3, 0.4) is 0 Å². The lowest BCUT2D eigenvalue weighted by molar-refractivity contribution is -0.142. The molecule has 26 heavy (non-hydrogen) atoms. The number of hydrogen-bond donors (Lipinski definition) is 1. The normalized spacial score (nSPS) is 11.3. The van der Waals surface area contributed by atoms with Crippen LogP contribution in [0.1, 0.15) is 18.9 Å². The van der Waals surface area contributed by atoms with Gasteiger partial charge in [0.15, 0.2) is 6.61 Å². The van der Waals surface area contributed by atoms with Crippen molar-refractivity contribution in [3.63, 3.8) is 0 Å². The molecule has 0 aliphatic carbocycles. The van der Waals surface area contributed by atoms with Gasteiger partial charge >= 0.3 is 5.97 Å². The molecule has 0 saturated heterocycles. The van der Waals surface area contributed by atoms with Crippen LogP contribution < -0.4 is 9.46 Å². The molecule has 1 aromatic carbocycles. The summed E-state index contributed by atoms with van der Waals surface area (Å²) >= 11 is 0. The first-order valence-corrected chi connectivity index (χ1v) is 9.74. The van der Waals surface area contributed by atoms with E-state index in [4.69, 9.17) is 4.74 Å². The summed E-state index contributed by atoms with van der Waals surface area (Å²) in [5, 5.41) is 4.07. The second-order valence-electron chi connectivity index (χ2n) is 5.51. The maximum absolute atomic E-state index is 12.4. The fourth-order valence-corrected chi connectivity index (χ4v) is 3.42. The van der Waals surface area contributed by atoms with Crippen molar-refractivity contribution in [1.29, 1.82) is 0 Å². The molecule has 0 aliphatic rings. The van der Waals surface area contributed by atoms with Gasteiger partial charge in [0.25, 0.3) is 0 Å². The quantitative estimate of drug-likeness (QED) is 0.493. The lowest BCUT2D eigenvalue weighted by Gasteiger charge is -2.12. The number of carbonyl (C=O) groups is 1. The van der Waals surface area contributed by atoms with Crippen molar-refractivity contribution >= 4 is 16.0 Å². The van der Waals surface area contributed by atoms with Crippen LogP contribution in [0.5, 0.6) is 5.75 Å². The Labute approximate surface area is 153 Å². The van der Waals surface area contributed by atoms with E-state index in [1.807, 2.05) is 19.2 Å². The minimum Gasteiger partial charge on any atom is -0.482 e. The SMILES string of the molecule is CCc1cc(S(=O)(=O)NCCCn2cccn2)ccc1OCC(=O)OC. The Kier molecular flexibility index (Phi) is 7.16. The van der Waals surface area contributed by atoms with E-state index in [1.165, 1.54) is 13.2 Å². The topological polar surface area (TPSA) is 99.5 Å². The Morgan fingerprint density at radius 3 is 2.81 bits per heavy atom. The van der Waals surface area contributed by atoms with E-state index in [0.717, 1.165) is 0 Å². The van der Waals surface area contributed by atoms with E-state index in [9.17, 15) is 13.2 Å². The third-order valence-electron chi connectivity index (χ3n) is 3.71. The fourth-order valence-electron chi connectivity index (χ4n) is 2.30. The predicted octanol–water partition coefficient (Wildman–Crippen LogP) is 1.37. The monoisotopic (exact) mass is 381 g/mol. The highest BCUT2D eigenvalue weighted by molar-refractivity contribution is 7.89. The van der Waals surface area contributed by atoms with Crippen molar-refractivity contribution < 1.29 is 22.7 Å². The number of nitrogens with zero attached hydrogens (tertiary/aromatic N) is 2. The Morgan fingerprint density at radius 2 is 2.15 bits per heavy atom. The van der Waals surface area contributed by atoms with E-state index >= 15 is 0 Å². The number of ether oxygens (including phenoxy) is 2. The number of nitrogens with one attached hydrogen (secondary N) is 1. The van der Waals surface area contributed by atoms with E-state index in [-0.39, 0.29) is 11.5 Å². The van der Waals surface area contributed by atoms with Gasteiger partial charge in [-0.25, -0.2) is 17.9 Å². The molecule has 0 radical (unpaired) electrons. The number of sulfonamides is 1. The maximum Gasteiger partial charge on any atom is 0.343 e. The number of hydrogen-bond acceptors (Lipinski definition) is 6. The van der Waals surface area contributed by atoms with Crippen LogP contribution in [0.2, 0.25) is 0 Å². The van der Waals surface area contributed by atoms with Gasteiger partial charge in [0.05, 0.1) is 12.0 Å². The number of aryl methyl sites for hydroxylation is 2. The summed E-state index contributed by atoms with van der Waals surface area (Å²) in [6.07, 6.45) is 4.70. The molecule has 0 spiro atoms. The smallest absolute Gasteiger partial charge is 0.343 e. The lowest BCUT2D eigenvalue weighted by atomic mass is 10.1. The highest BCUT2D eigenvalue weighted by Gasteiger charge is 2.16. The van der Waals surface area contributed by atoms with Crippen LogP contribution >= 0.6 is 0 Å². The zero-order valence-electron chi connectivity index (χ0n) is 14.8. The van der Waals surface area contributed by atoms with Crippen LogP contribution in [0.4, 0.5) is 0 Å². The minimum atomic E-state index is -3.61. The van der Waals surface area contributed by atoms with Gasteiger partial charge in [-0.05, 0) is 42.7 Å². The molecule has 0 atom stereocenters. The Balaban J connectivity index is 1.98. The molecule has 0 unspecified atom stereocenters. The van der Waals surface area contributed by atoms with Gasteiger partial charge in [-0.3, -0.25) is 4.68 Å². The third kappa shape index (κ3) is 5.57. The predicted molar refractivity (Wildman–Crippen MR) is 95.4 cm³/mol. The van der Waals surface area contributed by atoms with E-state index < -0.39 is 16.0 Å². The average molecular weight is 381 g/mol. The molecule has 0 fully saturated rings. The molecule has 8 nitrogen and oxygen atoms in total. The molecule has 142 valence electrons. The summed E-state index contributed by atoms with van der Waals surface area (Å²) in [5.41, 5.74) is 0.702. The molecular weight excluding hydrogens is 358 g/mol. The molecule has 2 aromatic rings. The highest BCUT2D eigenvalue weighted by atomic mass is 32.2. The fraction of sp³-hybridized carbons (Fsp3) is 0.412. The lowest BCUT2D eigenvalue weighted by Crippen LogP contribution is -2.25. The summed E-state index contributed by atoms with van der Waals surface area (Å²) in [4.78, 5) is 11.3. The van der Waals surface area contributed by atoms with Crippen molar-refractivity contribution in [3.8, 4) is 5.75 Å². The molecule has 0 bridgehead atoms. The molecule has 0 amide bonds. The first-order chi connectivity index (χ1) is 12.5. The van der Waals surface area contributed by atoms with Gasteiger partial charge in [0.1, 0.15) is 5.75 Å². The number of aromatic nitrogens is 2. The number of carbonyl (C=O) groups excluding carboxylic acids is 1. The number of rotatable bonds is 10. The third-order valence-corrected chi connectivity index (χ3v) is 5.17. The first-order valence-electron chi connectivity index (χ1n) is 8.26. The maximum atomic E-state index is 12.4. The van der Waals surface area contributed by atoms with Gasteiger partial charge in [-0.15, -0.1) is 0 Å². The van der Waals surface area contributed by atoms with Crippen molar-refractivity contribution in [2.75, 3.05) is 20.3 Å². The Bertz CT molecular complexity index is 819. The second kappa shape index (κ2) is 9.35. The van der Waals surface area contributed by atoms with E-state index in [1.54, 1.807) is 23.0 Å². The second-order valence-corrected chi connectivity index (χ2v) is 7.28. The van der Waals surface area contributed by atoms with Crippen molar-refractivity contribution in [3.05, 3.63) is 42.2 Å². The molecule has 1 aromatic heterocycles. The van der Waals surface area contributed by atoms with Crippen LogP contribution in [-0.4, -0.2) is 44.4 Å². The summed E-state index contributed by atoms with van der Waals surface area (Å²) in [5.74, 6) is -0.0295. The van der Waals surface area contributed by atoms with Gasteiger partial charge in [-0.2, -0.15) is 5.10 Å². The van der Waals surface area contributed by atoms with Gasteiger partial charge < -0.3 is 9.47 Å². The van der Waals surface area contributed by atoms with Crippen molar-refractivity contribution in [2.45, 2.75) is 31.2 Å².